The van der Waals surface area contributed by atoms with Gasteiger partial charge >= 0.3 is 0 Å². The van der Waals surface area contributed by atoms with Gasteiger partial charge < -0.3 is 20.7 Å². The largest absolute Gasteiger partial charge is 0.482 e. The summed E-state index contributed by atoms with van der Waals surface area (Å²) in [4.78, 5) is 19.7. The zero-order valence-electron chi connectivity index (χ0n) is 20.1. The first-order chi connectivity index (χ1) is 17.2. The quantitative estimate of drug-likeness (QED) is 0.384. The molecule has 3 aromatic rings. The molecule has 1 amide bonds. The molecular weight excluding hydrogens is 502 g/mol. The van der Waals surface area contributed by atoms with Crippen molar-refractivity contribution in [3.05, 3.63) is 69.6 Å². The van der Waals surface area contributed by atoms with Crippen molar-refractivity contribution in [2.24, 2.45) is 0 Å². The van der Waals surface area contributed by atoms with E-state index in [0.29, 0.717) is 16.3 Å². The van der Waals surface area contributed by atoms with Crippen LogP contribution in [0.3, 0.4) is 0 Å². The van der Waals surface area contributed by atoms with E-state index in [-0.39, 0.29) is 16.7 Å². The molecule has 1 atom stereocenters. The first kappa shape index (κ1) is 24.8. The molecule has 2 aliphatic rings. The molecule has 5 rings (SSSR count). The minimum Gasteiger partial charge on any atom is -0.482 e. The Kier molecular flexibility index (Phi) is 6.57. The molecule has 2 aliphatic heterocycles. The second-order valence-corrected chi connectivity index (χ2v) is 10.1. The number of ether oxygens (including phenoxy) is 1. The van der Waals surface area contributed by atoms with Crippen LogP contribution >= 0.6 is 23.2 Å². The summed E-state index contributed by atoms with van der Waals surface area (Å²) in [5, 5.41) is 3.30. The summed E-state index contributed by atoms with van der Waals surface area (Å²) < 4.78 is 20.0. The van der Waals surface area contributed by atoms with Gasteiger partial charge in [-0.15, -0.1) is 0 Å². The molecule has 36 heavy (non-hydrogen) atoms. The normalized spacial score (nSPS) is 17.6. The number of hydrogen-bond donors (Lipinski definition) is 2. The fourth-order valence-electron chi connectivity index (χ4n) is 5.23. The minimum atomic E-state index is -0.673. The Labute approximate surface area is 219 Å². The number of halogens is 3. The van der Waals surface area contributed by atoms with Gasteiger partial charge in [0.2, 0.25) is 5.91 Å². The number of carbonyl (C=O) groups is 1. The molecule has 1 spiro atoms. The number of nitrogens with zero attached hydrogens (tertiary/aromatic N) is 2. The number of carbonyl (C=O) groups excluding carboxylic acids is 1. The van der Waals surface area contributed by atoms with E-state index in [1.807, 2.05) is 18.2 Å². The van der Waals surface area contributed by atoms with Crippen molar-refractivity contribution < 1.29 is 13.9 Å². The maximum absolute atomic E-state index is 14.0. The summed E-state index contributed by atoms with van der Waals surface area (Å²) in [6, 6.07) is 10.4. The number of amides is 1. The van der Waals surface area contributed by atoms with E-state index >= 15 is 0 Å². The number of nitrogens with one attached hydrogen (secondary N) is 1. The first-order valence-electron chi connectivity index (χ1n) is 12.0. The number of piperidine rings is 1. The number of hydrogen-bond acceptors (Lipinski definition) is 5. The van der Waals surface area contributed by atoms with Crippen molar-refractivity contribution in [2.45, 2.75) is 38.2 Å². The van der Waals surface area contributed by atoms with Crippen LogP contribution in [0, 0.1) is 5.82 Å². The van der Waals surface area contributed by atoms with E-state index in [1.165, 1.54) is 12.1 Å². The molecule has 3 heterocycles. The molecule has 1 fully saturated rings. The lowest BCUT2D eigenvalue weighted by atomic mass is 9.73. The highest BCUT2D eigenvalue weighted by Gasteiger charge is 2.48. The van der Waals surface area contributed by atoms with Crippen molar-refractivity contribution in [1.29, 1.82) is 0 Å². The van der Waals surface area contributed by atoms with Gasteiger partial charge in [-0.1, -0.05) is 42.3 Å². The zero-order chi connectivity index (χ0) is 25.6. The molecule has 0 radical (unpaired) electrons. The summed E-state index contributed by atoms with van der Waals surface area (Å²) in [7, 11) is 0. The van der Waals surface area contributed by atoms with E-state index in [1.54, 1.807) is 19.2 Å². The highest BCUT2D eigenvalue weighted by molar-refractivity contribution is 6.36. The number of anilines is 2. The van der Waals surface area contributed by atoms with Crippen LogP contribution in [0.4, 0.5) is 15.9 Å². The van der Waals surface area contributed by atoms with Crippen LogP contribution in [-0.4, -0.2) is 35.4 Å². The molecule has 1 aromatic heterocycles. The topological polar surface area (TPSA) is 80.5 Å². The minimum absolute atomic E-state index is 0.0718. The molecule has 9 heteroatoms. The summed E-state index contributed by atoms with van der Waals surface area (Å²) in [5.41, 5.74) is 9.47. The number of nitrogens with two attached hydrogens (primary N) is 1. The average Bonchev–Trinajstić information content (AvgIpc) is 3.13. The van der Waals surface area contributed by atoms with Crippen LogP contribution in [0.25, 0.3) is 11.1 Å². The van der Waals surface area contributed by atoms with E-state index in [2.05, 4.69) is 22.1 Å². The van der Waals surface area contributed by atoms with Crippen molar-refractivity contribution in [3.8, 4) is 16.9 Å². The Hall–Kier alpha value is -2.87. The molecule has 0 saturated carbocycles. The molecule has 1 saturated heterocycles. The van der Waals surface area contributed by atoms with Crippen molar-refractivity contribution in [1.82, 2.24) is 9.88 Å². The van der Waals surface area contributed by atoms with Crippen LogP contribution < -0.4 is 15.8 Å². The smallest absolute Gasteiger partial charge is 0.235 e. The predicted molar refractivity (Wildman–Crippen MR) is 141 cm³/mol. The van der Waals surface area contributed by atoms with E-state index < -0.39 is 17.3 Å². The lowest BCUT2D eigenvalue weighted by Crippen LogP contribution is -2.46. The van der Waals surface area contributed by atoms with Crippen molar-refractivity contribution in [2.75, 3.05) is 30.7 Å². The Morgan fingerprint density at radius 1 is 1.19 bits per heavy atom. The van der Waals surface area contributed by atoms with Crippen molar-refractivity contribution in [3.63, 3.8) is 0 Å². The second-order valence-electron chi connectivity index (χ2n) is 9.36. The molecule has 2 aromatic carbocycles. The number of rotatable bonds is 5. The molecule has 0 aliphatic carbocycles. The Balaban J connectivity index is 1.43. The van der Waals surface area contributed by atoms with E-state index in [0.717, 1.165) is 54.9 Å². The number of nitrogen functional groups attached to an aromatic ring is 1. The molecular formula is C27H27Cl2FN4O2. The van der Waals surface area contributed by atoms with Gasteiger partial charge in [0, 0.05) is 28.0 Å². The lowest BCUT2D eigenvalue weighted by molar-refractivity contribution is -0.122. The second kappa shape index (κ2) is 9.54. The Bertz CT molecular complexity index is 1340. The molecule has 0 bridgehead atoms. The van der Waals surface area contributed by atoms with Crippen LogP contribution in [-0.2, 0) is 10.2 Å². The van der Waals surface area contributed by atoms with Gasteiger partial charge in [-0.25, -0.2) is 9.37 Å². The van der Waals surface area contributed by atoms with E-state index in [9.17, 15) is 9.18 Å². The lowest BCUT2D eigenvalue weighted by Gasteiger charge is -2.37. The molecule has 0 unspecified atom stereocenters. The Morgan fingerprint density at radius 3 is 2.67 bits per heavy atom. The highest BCUT2D eigenvalue weighted by atomic mass is 35.5. The molecule has 6 nitrogen and oxygen atoms in total. The monoisotopic (exact) mass is 528 g/mol. The third kappa shape index (κ3) is 4.19. The van der Waals surface area contributed by atoms with Crippen LogP contribution in [0.2, 0.25) is 10.0 Å². The summed E-state index contributed by atoms with van der Waals surface area (Å²) in [6.07, 6.45) is 2.60. The maximum atomic E-state index is 14.0. The standard InChI is InChI=1S/C27H27Cl2FN4O2/c1-3-34-10-8-27(9-11-34)18-5-4-16(12-21(18)33-26(27)35)17-13-22(25(31)32-14-17)36-15(2)23-19(28)6-7-20(30)24(23)29/h4-7,12-15H,3,8-11H2,1-2H3,(H2,31,32)(H,33,35)/t15-/m1/s1. The fourth-order valence-corrected chi connectivity index (χ4v) is 5.91. The van der Waals surface area contributed by atoms with Crippen molar-refractivity contribution >= 4 is 40.6 Å². The van der Waals surface area contributed by atoms with Crippen LogP contribution in [0.15, 0.2) is 42.6 Å². The number of benzene rings is 2. The van der Waals surface area contributed by atoms with Gasteiger partial charge in [-0.2, -0.15) is 0 Å². The highest BCUT2D eigenvalue weighted by Crippen LogP contribution is 2.46. The summed E-state index contributed by atoms with van der Waals surface area (Å²) in [6.45, 7) is 6.67. The third-order valence-electron chi connectivity index (χ3n) is 7.38. The first-order valence-corrected chi connectivity index (χ1v) is 12.7. The number of likely N-dealkylation sites (tertiary alicyclic amines) is 1. The third-order valence-corrected chi connectivity index (χ3v) is 8.09. The van der Waals surface area contributed by atoms with Crippen LogP contribution in [0.5, 0.6) is 5.75 Å². The zero-order valence-corrected chi connectivity index (χ0v) is 21.6. The van der Waals surface area contributed by atoms with Gasteiger partial charge in [-0.05, 0) is 74.8 Å². The SMILES string of the molecule is CCN1CCC2(CC1)C(=O)Nc1cc(-c3cnc(N)c(O[C@H](C)c4c(Cl)ccc(F)c4Cl)c3)ccc12. The van der Waals surface area contributed by atoms with Gasteiger partial charge in [0.15, 0.2) is 11.6 Å². The van der Waals surface area contributed by atoms with Gasteiger partial charge in [0.1, 0.15) is 11.9 Å². The summed E-state index contributed by atoms with van der Waals surface area (Å²) >= 11 is 12.4. The van der Waals surface area contributed by atoms with Crippen LogP contribution in [0.1, 0.15) is 43.9 Å². The van der Waals surface area contributed by atoms with E-state index in [4.69, 9.17) is 33.7 Å². The maximum Gasteiger partial charge on any atom is 0.235 e. The summed E-state index contributed by atoms with van der Waals surface area (Å²) in [5.74, 6) is 0.00177. The molecule has 3 N–H and O–H groups in total. The number of pyridine rings is 1. The fraction of sp³-hybridized carbons (Fsp3) is 0.333. The number of fused-ring (bicyclic) bond motifs is 2. The van der Waals surface area contributed by atoms with Gasteiger partial charge in [0.25, 0.3) is 0 Å². The molecule has 188 valence electrons. The van der Waals surface area contributed by atoms with Gasteiger partial charge in [0.05, 0.1) is 10.4 Å². The predicted octanol–water partition coefficient (Wildman–Crippen LogP) is 6.22. The average molecular weight is 529 g/mol. The Morgan fingerprint density at radius 2 is 1.94 bits per heavy atom. The van der Waals surface area contributed by atoms with Gasteiger partial charge in [-0.3, -0.25) is 4.79 Å². The number of aromatic nitrogens is 1.